The van der Waals surface area contributed by atoms with E-state index in [1.165, 1.54) is 19.3 Å². The molecule has 3 heterocycles. The van der Waals surface area contributed by atoms with Gasteiger partial charge in [0, 0.05) is 6.04 Å². The monoisotopic (exact) mass is 417 g/mol. The predicted molar refractivity (Wildman–Crippen MR) is 110 cm³/mol. The number of nitrogens with zero attached hydrogens (tertiary/aromatic N) is 4. The van der Waals surface area contributed by atoms with Crippen molar-refractivity contribution in [2.75, 3.05) is 5.32 Å². The molecule has 8 heteroatoms. The van der Waals surface area contributed by atoms with Crippen molar-refractivity contribution in [1.82, 2.24) is 19.5 Å². The van der Waals surface area contributed by atoms with Crippen LogP contribution in [-0.4, -0.2) is 43.6 Å². The first-order valence-electron chi connectivity index (χ1n) is 10.8. The predicted octanol–water partition coefficient (Wildman–Crippen LogP) is 4.04. The Hall–Kier alpha value is -1.44. The van der Waals surface area contributed by atoms with Gasteiger partial charge in [0.15, 0.2) is 22.8 Å². The molecule has 3 saturated carbocycles. The standard InChI is InChI=1S/C21H28ClN5O2/c1-9(2)13(10-5-6-10)24-18-14-19(26-20(22)25-18)27(8-23-14)15-11-7-12(11)16-17(15)29-21(3,4)28-16/h8-13,15-17H,5-7H2,1-4H3,(H,24,25,26)/t11-,12+,13-,15+,16+,17-/m0/s1. The zero-order valence-corrected chi connectivity index (χ0v) is 18.1. The van der Waals surface area contributed by atoms with Crippen LogP contribution in [0.15, 0.2) is 6.33 Å². The molecule has 6 atom stereocenters. The molecule has 6 rings (SSSR count). The maximum atomic E-state index is 6.36. The van der Waals surface area contributed by atoms with Crippen molar-refractivity contribution in [2.24, 2.45) is 23.7 Å². The van der Waals surface area contributed by atoms with Crippen molar-refractivity contribution in [3.05, 3.63) is 11.6 Å². The molecule has 3 aliphatic carbocycles. The Bertz CT molecular complexity index is 969. The number of rotatable bonds is 5. The first kappa shape index (κ1) is 18.3. The first-order chi connectivity index (χ1) is 13.8. The van der Waals surface area contributed by atoms with Gasteiger partial charge in [-0.25, -0.2) is 4.98 Å². The van der Waals surface area contributed by atoms with Gasteiger partial charge in [-0.1, -0.05) is 13.8 Å². The maximum Gasteiger partial charge on any atom is 0.226 e. The fraction of sp³-hybridized carbons (Fsp3) is 0.762. The van der Waals surface area contributed by atoms with Gasteiger partial charge in [-0.3, -0.25) is 0 Å². The van der Waals surface area contributed by atoms with Gasteiger partial charge in [-0.05, 0) is 68.4 Å². The molecule has 0 bridgehead atoms. The van der Waals surface area contributed by atoms with Crippen LogP contribution in [-0.2, 0) is 9.47 Å². The van der Waals surface area contributed by atoms with E-state index in [1.54, 1.807) is 0 Å². The number of hydrogen-bond donors (Lipinski definition) is 1. The summed E-state index contributed by atoms with van der Waals surface area (Å²) in [5, 5.41) is 3.90. The van der Waals surface area contributed by atoms with Crippen molar-refractivity contribution >= 4 is 28.6 Å². The maximum absolute atomic E-state index is 6.36. The van der Waals surface area contributed by atoms with Gasteiger partial charge in [0.25, 0.3) is 0 Å². The quantitative estimate of drug-likeness (QED) is 0.740. The number of anilines is 1. The lowest BCUT2D eigenvalue weighted by atomic mass is 9.99. The van der Waals surface area contributed by atoms with Crippen LogP contribution in [0.1, 0.15) is 53.0 Å². The smallest absolute Gasteiger partial charge is 0.226 e. The van der Waals surface area contributed by atoms with Crippen LogP contribution >= 0.6 is 11.6 Å². The number of hydrogen-bond acceptors (Lipinski definition) is 6. The summed E-state index contributed by atoms with van der Waals surface area (Å²) in [4.78, 5) is 13.8. The van der Waals surface area contributed by atoms with Gasteiger partial charge in [0.05, 0.1) is 18.5 Å². The summed E-state index contributed by atoms with van der Waals surface area (Å²) in [6, 6.07) is 0.560. The number of fused-ring (bicyclic) bond motifs is 4. The highest BCUT2D eigenvalue weighted by Gasteiger charge is 2.66. The third kappa shape index (κ3) is 2.88. The Kier molecular flexibility index (Phi) is 3.83. The highest BCUT2D eigenvalue weighted by atomic mass is 35.5. The van der Waals surface area contributed by atoms with Gasteiger partial charge in [-0.15, -0.1) is 0 Å². The highest BCUT2D eigenvalue weighted by Crippen LogP contribution is 2.63. The van der Waals surface area contributed by atoms with E-state index in [2.05, 4.69) is 33.7 Å². The molecule has 2 aromatic rings. The molecule has 7 nitrogen and oxygen atoms in total. The molecule has 2 aromatic heterocycles. The van der Waals surface area contributed by atoms with E-state index >= 15 is 0 Å². The third-order valence-corrected chi connectivity index (χ3v) is 7.29. The van der Waals surface area contributed by atoms with Crippen molar-refractivity contribution in [3.8, 4) is 0 Å². The lowest BCUT2D eigenvalue weighted by molar-refractivity contribution is -0.156. The van der Waals surface area contributed by atoms with Crippen molar-refractivity contribution in [1.29, 1.82) is 0 Å². The second kappa shape index (κ2) is 6.05. The molecule has 0 radical (unpaired) electrons. The van der Waals surface area contributed by atoms with Crippen molar-refractivity contribution in [3.63, 3.8) is 0 Å². The molecule has 1 N–H and O–H groups in total. The minimum absolute atomic E-state index is 0.0335. The Morgan fingerprint density at radius 2 is 1.93 bits per heavy atom. The minimum atomic E-state index is -0.536. The van der Waals surface area contributed by atoms with E-state index in [0.717, 1.165) is 17.0 Å². The van der Waals surface area contributed by atoms with Crippen molar-refractivity contribution < 1.29 is 9.47 Å². The molecule has 4 fully saturated rings. The van der Waals surface area contributed by atoms with Crippen LogP contribution in [0.5, 0.6) is 0 Å². The van der Waals surface area contributed by atoms with Gasteiger partial charge < -0.3 is 19.4 Å². The summed E-state index contributed by atoms with van der Waals surface area (Å²) in [6.45, 7) is 8.49. The second-order valence-corrected chi connectivity index (χ2v) is 10.4. The second-order valence-electron chi connectivity index (χ2n) is 10.0. The SMILES string of the molecule is CC(C)[C@H](Nc1nc(Cl)nc2c1ncn2[C@@H]1[C@H]2C[C@H]2[C@H]2OC(C)(C)O[C@H]21)C1CC1. The lowest BCUT2D eigenvalue weighted by Crippen LogP contribution is -2.30. The molecule has 0 amide bonds. The van der Waals surface area contributed by atoms with Crippen LogP contribution in [0.4, 0.5) is 5.82 Å². The summed E-state index contributed by atoms with van der Waals surface area (Å²) in [7, 11) is 0. The third-order valence-electron chi connectivity index (χ3n) is 7.12. The van der Waals surface area contributed by atoms with Crippen LogP contribution < -0.4 is 5.32 Å². The fourth-order valence-electron chi connectivity index (χ4n) is 5.68. The molecule has 4 aliphatic rings. The molecule has 29 heavy (non-hydrogen) atoms. The topological polar surface area (TPSA) is 74.1 Å². The Balaban J connectivity index is 1.38. The van der Waals surface area contributed by atoms with Crippen LogP contribution in [0.3, 0.4) is 0 Å². The molecular formula is C21H28ClN5O2. The Morgan fingerprint density at radius 3 is 2.66 bits per heavy atom. The average Bonchev–Trinajstić information content (AvgIpc) is 3.52. The van der Waals surface area contributed by atoms with Crippen LogP contribution in [0.2, 0.25) is 5.28 Å². The van der Waals surface area contributed by atoms with E-state index in [1.807, 2.05) is 20.2 Å². The summed E-state index contributed by atoms with van der Waals surface area (Å²) in [5.41, 5.74) is 1.58. The molecule has 156 valence electrons. The summed E-state index contributed by atoms with van der Waals surface area (Å²) < 4.78 is 14.7. The number of ether oxygens (including phenoxy) is 2. The fourth-order valence-corrected chi connectivity index (χ4v) is 5.84. The number of aromatic nitrogens is 4. The average molecular weight is 418 g/mol. The lowest BCUT2D eigenvalue weighted by Gasteiger charge is -2.25. The van der Waals surface area contributed by atoms with E-state index in [0.29, 0.717) is 29.7 Å². The Morgan fingerprint density at radius 1 is 1.17 bits per heavy atom. The summed E-state index contributed by atoms with van der Waals surface area (Å²) in [5.74, 6) is 2.55. The summed E-state index contributed by atoms with van der Waals surface area (Å²) >= 11 is 6.36. The van der Waals surface area contributed by atoms with Crippen molar-refractivity contribution in [2.45, 2.75) is 77.0 Å². The van der Waals surface area contributed by atoms with Gasteiger partial charge in [0.1, 0.15) is 6.10 Å². The van der Waals surface area contributed by atoms with Gasteiger partial charge >= 0.3 is 0 Å². The van der Waals surface area contributed by atoms with Crippen LogP contribution in [0, 0.1) is 23.7 Å². The van der Waals surface area contributed by atoms with Gasteiger partial charge in [-0.2, -0.15) is 9.97 Å². The summed E-state index contributed by atoms with van der Waals surface area (Å²) in [6.07, 6.45) is 5.80. The molecule has 0 spiro atoms. The zero-order chi connectivity index (χ0) is 20.1. The van der Waals surface area contributed by atoms with E-state index in [9.17, 15) is 0 Å². The largest absolute Gasteiger partial charge is 0.365 e. The van der Waals surface area contributed by atoms with E-state index < -0.39 is 5.79 Å². The zero-order valence-electron chi connectivity index (χ0n) is 17.3. The van der Waals surface area contributed by atoms with E-state index in [-0.39, 0.29) is 23.5 Å². The Labute approximate surface area is 175 Å². The van der Waals surface area contributed by atoms with Crippen LogP contribution in [0.25, 0.3) is 11.2 Å². The van der Waals surface area contributed by atoms with Gasteiger partial charge in [0.2, 0.25) is 5.28 Å². The normalized spacial score (nSPS) is 35.7. The molecule has 1 saturated heterocycles. The number of nitrogens with one attached hydrogen (secondary N) is 1. The highest BCUT2D eigenvalue weighted by molar-refractivity contribution is 6.28. The molecule has 0 aromatic carbocycles. The molecule has 0 unspecified atom stereocenters. The minimum Gasteiger partial charge on any atom is -0.365 e. The first-order valence-corrected chi connectivity index (χ1v) is 11.2. The molecule has 1 aliphatic heterocycles. The van der Waals surface area contributed by atoms with E-state index in [4.69, 9.17) is 26.1 Å². The number of halogens is 1. The number of imidazole rings is 1. The molecular weight excluding hydrogens is 390 g/mol.